The molecule has 27 heavy (non-hydrogen) atoms. The fraction of sp³-hybridized carbons (Fsp3) is 0.333. The summed E-state index contributed by atoms with van der Waals surface area (Å²) < 4.78 is 0. The van der Waals surface area contributed by atoms with Crippen molar-refractivity contribution in [1.82, 2.24) is 0 Å². The fourth-order valence-corrected chi connectivity index (χ4v) is 3.09. The minimum Gasteiger partial charge on any atom is -0.372 e. The lowest BCUT2D eigenvalue weighted by atomic mass is 10.2. The van der Waals surface area contributed by atoms with Crippen molar-refractivity contribution in [3.8, 4) is 0 Å². The van der Waals surface area contributed by atoms with Gasteiger partial charge in [-0.05, 0) is 56.3 Å². The molecule has 0 aliphatic heterocycles. The molecule has 2 aromatic carbocycles. The number of carbonyl (C=O) groups is 2. The van der Waals surface area contributed by atoms with Gasteiger partial charge in [0.05, 0.1) is 0 Å². The van der Waals surface area contributed by atoms with Crippen LogP contribution >= 0.6 is 11.6 Å². The van der Waals surface area contributed by atoms with Gasteiger partial charge in [-0.2, -0.15) is 0 Å². The third kappa shape index (κ3) is 6.00. The molecule has 0 saturated carbocycles. The van der Waals surface area contributed by atoms with Crippen LogP contribution in [0.3, 0.4) is 0 Å². The molecule has 5 nitrogen and oxygen atoms in total. The van der Waals surface area contributed by atoms with E-state index >= 15 is 0 Å². The summed E-state index contributed by atoms with van der Waals surface area (Å²) in [6.07, 6.45) is 0.198. The maximum atomic E-state index is 12.2. The van der Waals surface area contributed by atoms with Crippen molar-refractivity contribution in [2.24, 2.45) is 0 Å². The van der Waals surface area contributed by atoms with Crippen LogP contribution in [0.2, 0.25) is 5.02 Å². The summed E-state index contributed by atoms with van der Waals surface area (Å²) in [5.41, 5.74) is 2.55. The molecule has 2 rings (SSSR count). The zero-order valence-corrected chi connectivity index (χ0v) is 16.8. The van der Waals surface area contributed by atoms with Crippen LogP contribution in [0.25, 0.3) is 0 Å². The van der Waals surface area contributed by atoms with Crippen molar-refractivity contribution in [1.29, 1.82) is 0 Å². The van der Waals surface area contributed by atoms with Crippen LogP contribution in [0, 0.1) is 0 Å². The van der Waals surface area contributed by atoms with Gasteiger partial charge in [-0.15, -0.1) is 0 Å². The minimum atomic E-state index is -0.164. The molecule has 0 fully saturated rings. The van der Waals surface area contributed by atoms with Crippen molar-refractivity contribution in [3.05, 3.63) is 53.6 Å². The van der Waals surface area contributed by atoms with E-state index in [1.807, 2.05) is 24.3 Å². The van der Waals surface area contributed by atoms with Gasteiger partial charge >= 0.3 is 0 Å². The van der Waals surface area contributed by atoms with E-state index in [1.54, 1.807) is 29.2 Å². The number of nitrogens with zero attached hydrogens (tertiary/aromatic N) is 2. The molecule has 6 heteroatoms. The SMILES string of the molecule is CCN(CC)c1ccc(N(CCC(=O)Nc2cccc(Cl)c2)C(C)=O)cc1. The highest BCUT2D eigenvalue weighted by Gasteiger charge is 2.14. The van der Waals surface area contributed by atoms with Gasteiger partial charge < -0.3 is 15.1 Å². The molecule has 1 N–H and O–H groups in total. The second kappa shape index (κ2) is 9.97. The van der Waals surface area contributed by atoms with Crippen molar-refractivity contribution in [2.45, 2.75) is 27.2 Å². The smallest absolute Gasteiger partial charge is 0.226 e. The molecule has 0 unspecified atom stereocenters. The molecule has 0 atom stereocenters. The maximum Gasteiger partial charge on any atom is 0.226 e. The normalized spacial score (nSPS) is 10.4. The van der Waals surface area contributed by atoms with Gasteiger partial charge in [0.15, 0.2) is 0 Å². The maximum absolute atomic E-state index is 12.2. The summed E-state index contributed by atoms with van der Waals surface area (Å²) in [7, 11) is 0. The van der Waals surface area contributed by atoms with E-state index in [0.29, 0.717) is 17.3 Å². The van der Waals surface area contributed by atoms with Crippen LogP contribution in [-0.4, -0.2) is 31.4 Å². The van der Waals surface area contributed by atoms with Crippen LogP contribution in [-0.2, 0) is 9.59 Å². The molecular weight excluding hydrogens is 362 g/mol. The lowest BCUT2D eigenvalue weighted by molar-refractivity contribution is -0.117. The van der Waals surface area contributed by atoms with Crippen LogP contribution in [0.5, 0.6) is 0 Å². The Labute approximate surface area is 165 Å². The predicted molar refractivity (Wildman–Crippen MR) is 113 cm³/mol. The summed E-state index contributed by atoms with van der Waals surface area (Å²) in [5, 5.41) is 3.36. The lowest BCUT2D eigenvalue weighted by Gasteiger charge is -2.24. The molecule has 0 heterocycles. The average Bonchev–Trinajstić information content (AvgIpc) is 2.64. The fourth-order valence-electron chi connectivity index (χ4n) is 2.90. The van der Waals surface area contributed by atoms with Crippen LogP contribution in [0.1, 0.15) is 27.2 Å². The highest BCUT2D eigenvalue weighted by atomic mass is 35.5. The van der Waals surface area contributed by atoms with Gasteiger partial charge in [0.2, 0.25) is 11.8 Å². The van der Waals surface area contributed by atoms with Crippen molar-refractivity contribution >= 4 is 40.5 Å². The Bertz CT molecular complexity index is 773. The van der Waals surface area contributed by atoms with Crippen molar-refractivity contribution < 1.29 is 9.59 Å². The van der Waals surface area contributed by atoms with E-state index in [4.69, 9.17) is 11.6 Å². The van der Waals surface area contributed by atoms with Gasteiger partial charge in [0.25, 0.3) is 0 Å². The molecule has 0 spiro atoms. The molecule has 0 aliphatic carbocycles. The third-order valence-electron chi connectivity index (χ3n) is 4.34. The van der Waals surface area contributed by atoms with Gasteiger partial charge in [0, 0.05) is 55.1 Å². The summed E-state index contributed by atoms with van der Waals surface area (Å²) >= 11 is 5.93. The molecule has 0 radical (unpaired) electrons. The Kier molecular flexibility index (Phi) is 7.67. The molecule has 144 valence electrons. The molecule has 0 saturated heterocycles. The van der Waals surface area contributed by atoms with Crippen LogP contribution in [0.4, 0.5) is 17.1 Å². The Morgan fingerprint density at radius 3 is 2.19 bits per heavy atom. The minimum absolute atomic E-state index is 0.0962. The zero-order valence-electron chi connectivity index (χ0n) is 16.0. The number of hydrogen-bond donors (Lipinski definition) is 1. The summed E-state index contributed by atoms with van der Waals surface area (Å²) in [4.78, 5) is 28.1. The third-order valence-corrected chi connectivity index (χ3v) is 4.58. The van der Waals surface area contributed by atoms with E-state index in [0.717, 1.165) is 24.5 Å². The Balaban J connectivity index is 2.01. The highest BCUT2D eigenvalue weighted by molar-refractivity contribution is 6.30. The van der Waals surface area contributed by atoms with Gasteiger partial charge in [-0.1, -0.05) is 17.7 Å². The molecule has 0 aliphatic rings. The monoisotopic (exact) mass is 387 g/mol. The quantitative estimate of drug-likeness (QED) is 0.721. The number of rotatable bonds is 8. The second-order valence-electron chi connectivity index (χ2n) is 6.17. The molecule has 0 aromatic heterocycles. The number of nitrogens with one attached hydrogen (secondary N) is 1. The number of benzene rings is 2. The first-order valence-corrected chi connectivity index (χ1v) is 9.51. The summed E-state index contributed by atoms with van der Waals surface area (Å²) in [6.45, 7) is 7.89. The van der Waals surface area contributed by atoms with Crippen LogP contribution in [0.15, 0.2) is 48.5 Å². The van der Waals surface area contributed by atoms with Crippen LogP contribution < -0.4 is 15.1 Å². The van der Waals surface area contributed by atoms with Crippen molar-refractivity contribution in [3.63, 3.8) is 0 Å². The topological polar surface area (TPSA) is 52.6 Å². The Morgan fingerprint density at radius 1 is 1.00 bits per heavy atom. The van der Waals surface area contributed by atoms with Gasteiger partial charge in [-0.3, -0.25) is 9.59 Å². The first-order valence-electron chi connectivity index (χ1n) is 9.13. The van der Waals surface area contributed by atoms with E-state index in [1.165, 1.54) is 6.92 Å². The van der Waals surface area contributed by atoms with E-state index in [2.05, 4.69) is 24.1 Å². The molecular formula is C21H26ClN3O2. The summed E-state index contributed by atoms with van der Waals surface area (Å²) in [5.74, 6) is -0.260. The van der Waals surface area contributed by atoms with E-state index in [-0.39, 0.29) is 18.2 Å². The molecule has 2 amide bonds. The number of carbonyl (C=O) groups excluding carboxylic acids is 2. The van der Waals surface area contributed by atoms with E-state index in [9.17, 15) is 9.59 Å². The van der Waals surface area contributed by atoms with Gasteiger partial charge in [-0.25, -0.2) is 0 Å². The average molecular weight is 388 g/mol. The first kappa shape index (κ1) is 20.8. The first-order chi connectivity index (χ1) is 12.9. The summed E-state index contributed by atoms with van der Waals surface area (Å²) in [6, 6.07) is 14.8. The van der Waals surface area contributed by atoms with E-state index < -0.39 is 0 Å². The Hall–Kier alpha value is -2.53. The number of amides is 2. The standard InChI is InChI=1S/C21H26ClN3O2/c1-4-24(5-2)19-9-11-20(12-10-19)25(16(3)26)14-13-21(27)23-18-8-6-7-17(22)15-18/h6-12,15H,4-5,13-14H2,1-3H3,(H,23,27). The zero-order chi connectivity index (χ0) is 19.8. The molecule has 0 bridgehead atoms. The largest absolute Gasteiger partial charge is 0.372 e. The number of anilines is 3. The highest BCUT2D eigenvalue weighted by Crippen LogP contribution is 2.21. The predicted octanol–water partition coefficient (Wildman–Crippen LogP) is 4.57. The van der Waals surface area contributed by atoms with Crippen molar-refractivity contribution in [2.75, 3.05) is 34.8 Å². The number of halogens is 1. The lowest BCUT2D eigenvalue weighted by Crippen LogP contribution is -2.32. The molecule has 2 aromatic rings. The number of hydrogen-bond acceptors (Lipinski definition) is 3. The van der Waals surface area contributed by atoms with Gasteiger partial charge in [0.1, 0.15) is 0 Å². The Morgan fingerprint density at radius 2 is 1.63 bits per heavy atom. The second-order valence-corrected chi connectivity index (χ2v) is 6.60.